The van der Waals surface area contributed by atoms with Gasteiger partial charge in [0.15, 0.2) is 0 Å². The van der Waals surface area contributed by atoms with Gasteiger partial charge in [0.1, 0.15) is 12.1 Å². The van der Waals surface area contributed by atoms with E-state index in [1.54, 1.807) is 12.1 Å². The largest absolute Gasteiger partial charge is 0.399 e. The second kappa shape index (κ2) is 3.91. The van der Waals surface area contributed by atoms with Crippen LogP contribution in [0.25, 0.3) is 17.3 Å². The third-order valence-electron chi connectivity index (χ3n) is 3.05. The number of nitrogens with two attached hydrogens (primary N) is 1. The van der Waals surface area contributed by atoms with Gasteiger partial charge >= 0.3 is 0 Å². The molecule has 3 nitrogen and oxygen atoms in total. The van der Waals surface area contributed by atoms with E-state index in [2.05, 4.69) is 9.97 Å². The van der Waals surface area contributed by atoms with Gasteiger partial charge in [0, 0.05) is 23.2 Å². The van der Waals surface area contributed by atoms with Gasteiger partial charge in [-0.15, -0.1) is 0 Å². The fourth-order valence-electron chi connectivity index (χ4n) is 2.22. The normalized spacial score (nSPS) is 13.3. The first-order chi connectivity index (χ1) is 8.65. The molecule has 1 aromatic carbocycles. The SMILES string of the molecule is CC1=Cc2c(ncnc2-c2ccc(N)cc2F)C1. The summed E-state index contributed by atoms with van der Waals surface area (Å²) in [5.74, 6) is -0.353. The maximum absolute atomic E-state index is 13.9. The highest BCUT2D eigenvalue weighted by molar-refractivity contribution is 5.77. The van der Waals surface area contributed by atoms with E-state index in [0.717, 1.165) is 17.7 Å². The molecule has 90 valence electrons. The third kappa shape index (κ3) is 1.66. The third-order valence-corrected chi connectivity index (χ3v) is 3.05. The Balaban J connectivity index is 2.22. The molecule has 0 bridgehead atoms. The Morgan fingerprint density at radius 3 is 2.89 bits per heavy atom. The molecule has 1 heterocycles. The first-order valence-electron chi connectivity index (χ1n) is 5.71. The van der Waals surface area contributed by atoms with E-state index in [9.17, 15) is 4.39 Å². The van der Waals surface area contributed by atoms with Crippen LogP contribution in [-0.2, 0) is 6.42 Å². The summed E-state index contributed by atoms with van der Waals surface area (Å²) in [6.45, 7) is 2.03. The fourth-order valence-corrected chi connectivity index (χ4v) is 2.22. The van der Waals surface area contributed by atoms with Crippen molar-refractivity contribution in [3.05, 3.63) is 47.2 Å². The molecule has 0 atom stereocenters. The number of nitrogens with zero attached hydrogens (tertiary/aromatic N) is 2. The average molecular weight is 241 g/mol. The number of anilines is 1. The minimum Gasteiger partial charge on any atom is -0.399 e. The molecule has 0 fully saturated rings. The van der Waals surface area contributed by atoms with Crippen LogP contribution in [0.1, 0.15) is 18.2 Å². The highest BCUT2D eigenvalue weighted by Gasteiger charge is 2.18. The zero-order valence-electron chi connectivity index (χ0n) is 9.94. The van der Waals surface area contributed by atoms with E-state index >= 15 is 0 Å². The van der Waals surface area contributed by atoms with Crippen molar-refractivity contribution in [3.63, 3.8) is 0 Å². The molecule has 3 rings (SSSR count). The molecule has 1 aliphatic carbocycles. The molecule has 0 amide bonds. The summed E-state index contributed by atoms with van der Waals surface area (Å²) in [4.78, 5) is 8.44. The van der Waals surface area contributed by atoms with E-state index in [1.165, 1.54) is 18.0 Å². The molecule has 0 spiro atoms. The topological polar surface area (TPSA) is 51.8 Å². The van der Waals surface area contributed by atoms with Crippen molar-refractivity contribution in [2.75, 3.05) is 5.73 Å². The van der Waals surface area contributed by atoms with Gasteiger partial charge in [0.2, 0.25) is 0 Å². The van der Waals surface area contributed by atoms with Gasteiger partial charge < -0.3 is 5.73 Å². The number of allylic oxidation sites excluding steroid dienone is 1. The Hall–Kier alpha value is -2.23. The molecule has 18 heavy (non-hydrogen) atoms. The van der Waals surface area contributed by atoms with Crippen LogP contribution in [0.15, 0.2) is 30.1 Å². The van der Waals surface area contributed by atoms with Crippen LogP contribution < -0.4 is 5.73 Å². The van der Waals surface area contributed by atoms with Gasteiger partial charge in [-0.05, 0) is 25.1 Å². The lowest BCUT2D eigenvalue weighted by Crippen LogP contribution is -1.97. The predicted octanol–water partition coefficient (Wildman–Crippen LogP) is 2.82. The minimum absolute atomic E-state index is 0.353. The average Bonchev–Trinajstić information content (AvgIpc) is 2.69. The Bertz CT molecular complexity index is 662. The second-order valence-corrected chi connectivity index (χ2v) is 4.49. The standard InChI is InChI=1S/C14H12FN3/c1-8-4-11-13(5-8)17-7-18-14(11)10-3-2-9(16)6-12(10)15/h2-4,6-7H,5,16H2,1H3. The van der Waals surface area contributed by atoms with Crippen LogP contribution in [0.3, 0.4) is 0 Å². The maximum Gasteiger partial charge on any atom is 0.134 e. The van der Waals surface area contributed by atoms with E-state index in [4.69, 9.17) is 5.73 Å². The van der Waals surface area contributed by atoms with Crippen LogP contribution in [0.2, 0.25) is 0 Å². The van der Waals surface area contributed by atoms with Crippen LogP contribution in [-0.4, -0.2) is 9.97 Å². The Morgan fingerprint density at radius 1 is 1.28 bits per heavy atom. The molecule has 0 saturated carbocycles. The van der Waals surface area contributed by atoms with E-state index in [0.29, 0.717) is 16.9 Å². The Morgan fingerprint density at radius 2 is 2.11 bits per heavy atom. The number of fused-ring (bicyclic) bond motifs is 1. The summed E-state index contributed by atoms with van der Waals surface area (Å²) in [5, 5.41) is 0. The first-order valence-corrected chi connectivity index (χ1v) is 5.71. The molecule has 2 N–H and O–H groups in total. The zero-order chi connectivity index (χ0) is 12.7. The number of nitrogen functional groups attached to an aromatic ring is 1. The molecular weight excluding hydrogens is 229 g/mol. The van der Waals surface area contributed by atoms with Gasteiger partial charge in [-0.2, -0.15) is 0 Å². The predicted molar refractivity (Wildman–Crippen MR) is 69.2 cm³/mol. The minimum atomic E-state index is -0.353. The summed E-state index contributed by atoms with van der Waals surface area (Å²) in [6.07, 6.45) is 4.30. The molecule has 0 aliphatic heterocycles. The molecule has 4 heteroatoms. The number of hydrogen-bond acceptors (Lipinski definition) is 3. The lowest BCUT2D eigenvalue weighted by atomic mass is 10.1. The first kappa shape index (κ1) is 10.9. The van der Waals surface area contributed by atoms with Crippen molar-refractivity contribution in [1.82, 2.24) is 9.97 Å². The number of halogens is 1. The monoisotopic (exact) mass is 241 g/mol. The van der Waals surface area contributed by atoms with Crippen LogP contribution in [0.4, 0.5) is 10.1 Å². The Labute approximate surface area is 104 Å². The zero-order valence-corrected chi connectivity index (χ0v) is 9.94. The molecule has 1 aliphatic rings. The molecule has 0 saturated heterocycles. The Kier molecular flexibility index (Phi) is 2.37. The summed E-state index contributed by atoms with van der Waals surface area (Å²) in [6, 6.07) is 4.66. The van der Waals surface area contributed by atoms with Gasteiger partial charge in [-0.3, -0.25) is 0 Å². The number of benzene rings is 1. The summed E-state index contributed by atoms with van der Waals surface area (Å²) in [5.41, 5.74) is 10.1. The van der Waals surface area contributed by atoms with Crippen molar-refractivity contribution in [3.8, 4) is 11.3 Å². The fraction of sp³-hybridized carbons (Fsp3) is 0.143. The smallest absolute Gasteiger partial charge is 0.134 e. The summed E-state index contributed by atoms with van der Waals surface area (Å²) < 4.78 is 13.9. The number of hydrogen-bond donors (Lipinski definition) is 1. The number of aromatic nitrogens is 2. The maximum atomic E-state index is 13.9. The van der Waals surface area contributed by atoms with Crippen molar-refractivity contribution in [2.24, 2.45) is 0 Å². The second-order valence-electron chi connectivity index (χ2n) is 4.49. The summed E-state index contributed by atoms with van der Waals surface area (Å²) >= 11 is 0. The number of rotatable bonds is 1. The van der Waals surface area contributed by atoms with Gasteiger partial charge in [0.25, 0.3) is 0 Å². The van der Waals surface area contributed by atoms with E-state index < -0.39 is 0 Å². The van der Waals surface area contributed by atoms with Crippen LogP contribution >= 0.6 is 0 Å². The quantitative estimate of drug-likeness (QED) is 0.781. The van der Waals surface area contributed by atoms with Crippen molar-refractivity contribution in [2.45, 2.75) is 13.3 Å². The van der Waals surface area contributed by atoms with Crippen molar-refractivity contribution in [1.29, 1.82) is 0 Å². The van der Waals surface area contributed by atoms with E-state index in [1.807, 2.05) is 13.0 Å². The highest BCUT2D eigenvalue weighted by Crippen LogP contribution is 2.32. The van der Waals surface area contributed by atoms with Crippen molar-refractivity contribution >= 4 is 11.8 Å². The van der Waals surface area contributed by atoms with Crippen molar-refractivity contribution < 1.29 is 4.39 Å². The van der Waals surface area contributed by atoms with Gasteiger partial charge in [0.05, 0.1) is 11.4 Å². The van der Waals surface area contributed by atoms with E-state index in [-0.39, 0.29) is 5.82 Å². The molecule has 2 aromatic rings. The lowest BCUT2D eigenvalue weighted by Gasteiger charge is -2.07. The molecule has 0 unspecified atom stereocenters. The van der Waals surface area contributed by atoms with Gasteiger partial charge in [-0.25, -0.2) is 14.4 Å². The lowest BCUT2D eigenvalue weighted by molar-refractivity contribution is 0.631. The molecule has 1 aromatic heterocycles. The molecular formula is C14H12FN3. The van der Waals surface area contributed by atoms with Gasteiger partial charge in [-0.1, -0.05) is 11.6 Å². The van der Waals surface area contributed by atoms with Crippen LogP contribution in [0.5, 0.6) is 0 Å². The highest BCUT2D eigenvalue weighted by atomic mass is 19.1. The molecule has 0 radical (unpaired) electrons. The van der Waals surface area contributed by atoms with Crippen LogP contribution in [0, 0.1) is 5.82 Å². The summed E-state index contributed by atoms with van der Waals surface area (Å²) in [7, 11) is 0.